The Morgan fingerprint density at radius 3 is 2.14 bits per heavy atom. The minimum absolute atomic E-state index is 0.0274. The van der Waals surface area contributed by atoms with Crippen molar-refractivity contribution in [2.45, 2.75) is 31.4 Å². The fraction of sp³-hybridized carbons (Fsp3) is 0.263. The molecule has 1 unspecified atom stereocenters. The third kappa shape index (κ3) is 4.85. The molecule has 0 aliphatic carbocycles. The van der Waals surface area contributed by atoms with Gasteiger partial charge in [0.15, 0.2) is 5.78 Å². The van der Waals surface area contributed by atoms with Crippen LogP contribution in [0.15, 0.2) is 60.7 Å². The molecule has 0 aromatic heterocycles. The van der Waals surface area contributed by atoms with E-state index in [4.69, 9.17) is 0 Å². The molecule has 0 saturated heterocycles. The van der Waals surface area contributed by atoms with Gasteiger partial charge in [-0.3, -0.25) is 9.59 Å². The van der Waals surface area contributed by atoms with Crippen molar-refractivity contribution in [1.29, 1.82) is 0 Å². The standard InChI is InChI=1S/C19H20O2S/c1-2-9-18(17(20)14-15-10-5-3-6-11-15)22-19(21)16-12-7-4-8-13-16/h3-8,10-13,18H,2,9,14H2,1H3. The van der Waals surface area contributed by atoms with Gasteiger partial charge in [0.2, 0.25) is 5.12 Å². The third-order valence-electron chi connectivity index (χ3n) is 3.39. The maximum Gasteiger partial charge on any atom is 0.220 e. The lowest BCUT2D eigenvalue weighted by atomic mass is 10.0. The summed E-state index contributed by atoms with van der Waals surface area (Å²) in [5, 5.41) is -0.293. The Labute approximate surface area is 135 Å². The number of hydrogen-bond donors (Lipinski definition) is 0. The summed E-state index contributed by atoms with van der Waals surface area (Å²) in [5.41, 5.74) is 1.66. The second-order valence-corrected chi connectivity index (χ2v) is 6.35. The molecule has 0 radical (unpaired) electrons. The van der Waals surface area contributed by atoms with Gasteiger partial charge in [0.1, 0.15) is 0 Å². The topological polar surface area (TPSA) is 34.1 Å². The van der Waals surface area contributed by atoms with Gasteiger partial charge in [-0.2, -0.15) is 0 Å². The van der Waals surface area contributed by atoms with E-state index in [1.807, 2.05) is 55.5 Å². The second-order valence-electron chi connectivity index (χ2n) is 5.18. The van der Waals surface area contributed by atoms with Gasteiger partial charge in [-0.25, -0.2) is 0 Å². The number of Topliss-reactive ketones (excluding diaryl/α,β-unsaturated/α-hetero) is 1. The van der Waals surface area contributed by atoms with Crippen molar-refractivity contribution in [2.75, 3.05) is 0 Å². The van der Waals surface area contributed by atoms with Crippen LogP contribution in [0.4, 0.5) is 0 Å². The lowest BCUT2D eigenvalue weighted by molar-refractivity contribution is -0.118. The van der Waals surface area contributed by atoms with Crippen LogP contribution in [0.3, 0.4) is 0 Å². The molecule has 2 aromatic rings. The van der Waals surface area contributed by atoms with E-state index in [0.717, 1.165) is 30.2 Å². The Bertz CT molecular complexity index is 608. The molecule has 0 aliphatic heterocycles. The van der Waals surface area contributed by atoms with Crippen LogP contribution in [0.2, 0.25) is 0 Å². The summed E-state index contributed by atoms with van der Waals surface area (Å²) in [4.78, 5) is 24.8. The first-order chi connectivity index (χ1) is 10.7. The highest BCUT2D eigenvalue weighted by Gasteiger charge is 2.22. The van der Waals surface area contributed by atoms with Crippen LogP contribution >= 0.6 is 11.8 Å². The zero-order valence-corrected chi connectivity index (χ0v) is 13.5. The zero-order chi connectivity index (χ0) is 15.8. The number of rotatable bonds is 7. The van der Waals surface area contributed by atoms with Crippen molar-refractivity contribution in [3.63, 3.8) is 0 Å². The Hall–Kier alpha value is -1.87. The predicted octanol–water partition coefficient (Wildman–Crippen LogP) is 4.54. The first kappa shape index (κ1) is 16.5. The number of carbonyl (C=O) groups is 2. The summed E-state index contributed by atoms with van der Waals surface area (Å²) in [6.45, 7) is 2.04. The van der Waals surface area contributed by atoms with E-state index in [1.54, 1.807) is 12.1 Å². The first-order valence-corrected chi connectivity index (χ1v) is 8.41. The highest BCUT2D eigenvalue weighted by molar-refractivity contribution is 8.15. The number of thioether (sulfide) groups is 1. The van der Waals surface area contributed by atoms with E-state index in [1.165, 1.54) is 0 Å². The zero-order valence-electron chi connectivity index (χ0n) is 12.7. The van der Waals surface area contributed by atoms with E-state index in [2.05, 4.69) is 0 Å². The Kier molecular flexibility index (Phi) is 6.41. The van der Waals surface area contributed by atoms with Crippen molar-refractivity contribution >= 4 is 22.7 Å². The Morgan fingerprint density at radius 2 is 1.55 bits per heavy atom. The molecular weight excluding hydrogens is 292 g/mol. The minimum Gasteiger partial charge on any atom is -0.298 e. The fourth-order valence-corrected chi connectivity index (χ4v) is 3.33. The summed E-state index contributed by atoms with van der Waals surface area (Å²) >= 11 is 1.16. The molecule has 22 heavy (non-hydrogen) atoms. The molecule has 0 heterocycles. The van der Waals surface area contributed by atoms with Gasteiger partial charge in [-0.05, 0) is 12.0 Å². The summed E-state index contributed by atoms with van der Waals surface area (Å²) < 4.78 is 0. The monoisotopic (exact) mass is 312 g/mol. The van der Waals surface area contributed by atoms with Gasteiger partial charge in [0.25, 0.3) is 0 Å². The average molecular weight is 312 g/mol. The number of benzene rings is 2. The van der Waals surface area contributed by atoms with E-state index in [0.29, 0.717) is 12.0 Å². The van der Waals surface area contributed by atoms with Crippen LogP contribution in [0, 0.1) is 0 Å². The highest BCUT2D eigenvalue weighted by atomic mass is 32.2. The molecule has 0 N–H and O–H groups in total. The Morgan fingerprint density at radius 1 is 0.955 bits per heavy atom. The van der Waals surface area contributed by atoms with E-state index in [9.17, 15) is 9.59 Å². The molecule has 0 aliphatic rings. The van der Waals surface area contributed by atoms with Crippen LogP contribution in [0.1, 0.15) is 35.7 Å². The maximum atomic E-state index is 12.5. The van der Waals surface area contributed by atoms with Crippen LogP contribution in [0.5, 0.6) is 0 Å². The summed E-state index contributed by atoms with van der Waals surface area (Å²) in [6, 6.07) is 18.8. The van der Waals surface area contributed by atoms with Gasteiger partial charge >= 0.3 is 0 Å². The average Bonchev–Trinajstić information content (AvgIpc) is 2.56. The summed E-state index contributed by atoms with van der Waals surface area (Å²) in [7, 11) is 0. The quantitative estimate of drug-likeness (QED) is 0.752. The van der Waals surface area contributed by atoms with E-state index >= 15 is 0 Å². The fourth-order valence-electron chi connectivity index (χ4n) is 2.23. The lowest BCUT2D eigenvalue weighted by Gasteiger charge is -2.14. The highest BCUT2D eigenvalue weighted by Crippen LogP contribution is 2.23. The molecule has 0 spiro atoms. The number of ketones is 1. The minimum atomic E-state index is -0.266. The van der Waals surface area contributed by atoms with Crippen LogP contribution in [0.25, 0.3) is 0 Å². The molecule has 0 amide bonds. The molecule has 114 valence electrons. The van der Waals surface area contributed by atoms with Crippen molar-refractivity contribution < 1.29 is 9.59 Å². The first-order valence-electron chi connectivity index (χ1n) is 7.53. The molecule has 0 bridgehead atoms. The molecular formula is C19H20O2S. The maximum absolute atomic E-state index is 12.5. The third-order valence-corrected chi connectivity index (χ3v) is 4.62. The van der Waals surface area contributed by atoms with Gasteiger partial charge in [-0.1, -0.05) is 85.8 Å². The molecule has 2 nitrogen and oxygen atoms in total. The van der Waals surface area contributed by atoms with Crippen LogP contribution in [-0.2, 0) is 11.2 Å². The summed E-state index contributed by atoms with van der Waals surface area (Å²) in [5.74, 6) is 0.127. The molecule has 0 fully saturated rings. The molecule has 3 heteroatoms. The Balaban J connectivity index is 2.03. The van der Waals surface area contributed by atoms with Gasteiger partial charge in [-0.15, -0.1) is 0 Å². The predicted molar refractivity (Wildman–Crippen MR) is 92.2 cm³/mol. The normalized spacial score (nSPS) is 11.9. The molecule has 0 saturated carbocycles. The number of carbonyl (C=O) groups excluding carboxylic acids is 2. The summed E-state index contributed by atoms with van der Waals surface area (Å²) in [6.07, 6.45) is 2.01. The van der Waals surface area contributed by atoms with E-state index in [-0.39, 0.29) is 16.1 Å². The molecule has 1 atom stereocenters. The van der Waals surface area contributed by atoms with Crippen molar-refractivity contribution in [3.05, 3.63) is 71.8 Å². The lowest BCUT2D eigenvalue weighted by Crippen LogP contribution is -2.21. The van der Waals surface area contributed by atoms with Crippen molar-refractivity contribution in [1.82, 2.24) is 0 Å². The SMILES string of the molecule is CCCC(SC(=O)c1ccccc1)C(=O)Cc1ccccc1. The van der Waals surface area contributed by atoms with Gasteiger partial charge < -0.3 is 0 Å². The van der Waals surface area contributed by atoms with Crippen molar-refractivity contribution in [2.24, 2.45) is 0 Å². The van der Waals surface area contributed by atoms with E-state index < -0.39 is 0 Å². The van der Waals surface area contributed by atoms with Gasteiger partial charge in [0, 0.05) is 12.0 Å². The second kappa shape index (κ2) is 8.54. The van der Waals surface area contributed by atoms with Crippen molar-refractivity contribution in [3.8, 4) is 0 Å². The largest absolute Gasteiger partial charge is 0.298 e. The van der Waals surface area contributed by atoms with Crippen LogP contribution < -0.4 is 0 Å². The number of hydrogen-bond acceptors (Lipinski definition) is 3. The smallest absolute Gasteiger partial charge is 0.220 e. The van der Waals surface area contributed by atoms with Gasteiger partial charge in [0.05, 0.1) is 5.25 Å². The molecule has 2 aromatic carbocycles. The van der Waals surface area contributed by atoms with Crippen LogP contribution in [-0.4, -0.2) is 16.1 Å². The molecule has 2 rings (SSSR count).